The fourth-order valence-electron chi connectivity index (χ4n) is 1.35. The van der Waals surface area contributed by atoms with E-state index in [0.717, 1.165) is 0 Å². The van der Waals surface area contributed by atoms with Gasteiger partial charge < -0.3 is 5.43 Å². The van der Waals surface area contributed by atoms with Crippen molar-refractivity contribution in [2.45, 2.75) is 0 Å². The number of rotatable bonds is 1. The highest BCUT2D eigenvalue weighted by molar-refractivity contribution is 5.92. The zero-order valence-corrected chi connectivity index (χ0v) is 7.13. The second kappa shape index (κ2) is 3.00. The Morgan fingerprint density at radius 2 is 1.86 bits per heavy atom. The number of aromatic nitrogens is 2. The van der Waals surface area contributed by atoms with Crippen LogP contribution in [0, 0.1) is 0 Å². The lowest BCUT2D eigenvalue weighted by Crippen LogP contribution is -2.21. The molecule has 5 N–H and O–H groups in total. The van der Waals surface area contributed by atoms with Crippen molar-refractivity contribution < 1.29 is 0 Å². The summed E-state index contributed by atoms with van der Waals surface area (Å²) in [6.45, 7) is 0. The van der Waals surface area contributed by atoms with E-state index in [1.807, 2.05) is 0 Å². The topological polar surface area (TPSA) is 104 Å². The summed E-state index contributed by atoms with van der Waals surface area (Å²) in [5.74, 6) is 5.22. The number of anilines is 1. The molecule has 0 atom stereocenters. The Hall–Kier alpha value is -2.08. The van der Waals surface area contributed by atoms with Crippen molar-refractivity contribution in [3.05, 3.63) is 38.9 Å². The molecule has 0 unspecified atom stereocenters. The summed E-state index contributed by atoms with van der Waals surface area (Å²) >= 11 is 0. The maximum absolute atomic E-state index is 11.4. The van der Waals surface area contributed by atoms with Crippen LogP contribution in [0.1, 0.15) is 0 Å². The number of hydrogen-bond donors (Lipinski definition) is 4. The quantitative estimate of drug-likeness (QED) is 0.361. The summed E-state index contributed by atoms with van der Waals surface area (Å²) in [5.41, 5.74) is 2.06. The number of H-pyrrole nitrogens is 2. The molecular formula is C8H8N4O2. The van der Waals surface area contributed by atoms with Crippen LogP contribution in [-0.2, 0) is 0 Å². The number of hydrogen-bond acceptors (Lipinski definition) is 4. The molecule has 0 saturated heterocycles. The van der Waals surface area contributed by atoms with Gasteiger partial charge in [0.25, 0.3) is 11.1 Å². The van der Waals surface area contributed by atoms with Gasteiger partial charge in [0.15, 0.2) is 0 Å². The summed E-state index contributed by atoms with van der Waals surface area (Å²) in [5, 5.41) is 5.03. The molecule has 6 nitrogen and oxygen atoms in total. The first-order chi connectivity index (χ1) is 6.74. The Bertz CT molecular complexity index is 584. The van der Waals surface area contributed by atoms with Crippen LogP contribution in [-0.4, -0.2) is 10.2 Å². The zero-order chi connectivity index (χ0) is 10.1. The number of benzene rings is 1. The van der Waals surface area contributed by atoms with Crippen LogP contribution >= 0.6 is 0 Å². The molecule has 0 saturated carbocycles. The van der Waals surface area contributed by atoms with E-state index in [4.69, 9.17) is 5.84 Å². The maximum atomic E-state index is 11.4. The van der Waals surface area contributed by atoms with E-state index in [2.05, 4.69) is 15.6 Å². The first-order valence-electron chi connectivity index (χ1n) is 3.94. The predicted molar refractivity (Wildman–Crippen MR) is 53.0 cm³/mol. The molecule has 0 aliphatic heterocycles. The highest BCUT2D eigenvalue weighted by Gasteiger charge is 2.06. The van der Waals surface area contributed by atoms with Crippen molar-refractivity contribution in [2.75, 3.05) is 5.43 Å². The van der Waals surface area contributed by atoms with Gasteiger partial charge in [-0.3, -0.25) is 25.6 Å². The van der Waals surface area contributed by atoms with Gasteiger partial charge in [-0.1, -0.05) is 6.07 Å². The third-order valence-electron chi connectivity index (χ3n) is 1.98. The van der Waals surface area contributed by atoms with Crippen molar-refractivity contribution in [3.63, 3.8) is 0 Å². The summed E-state index contributed by atoms with van der Waals surface area (Å²) < 4.78 is 0. The van der Waals surface area contributed by atoms with Crippen LogP contribution < -0.4 is 22.4 Å². The largest absolute Gasteiger partial charge is 0.323 e. The van der Waals surface area contributed by atoms with Crippen LogP contribution in [0.3, 0.4) is 0 Å². The first kappa shape index (κ1) is 8.52. The zero-order valence-electron chi connectivity index (χ0n) is 7.13. The van der Waals surface area contributed by atoms with Crippen molar-refractivity contribution >= 4 is 16.5 Å². The highest BCUT2D eigenvalue weighted by Crippen LogP contribution is 2.14. The van der Waals surface area contributed by atoms with E-state index in [0.29, 0.717) is 11.1 Å². The molecule has 0 spiro atoms. The number of nitrogen functional groups attached to an aromatic ring is 1. The van der Waals surface area contributed by atoms with E-state index in [-0.39, 0.29) is 16.5 Å². The standard InChI is InChI=1S/C8H8N4O2/c9-10-5-3-1-2-4-6(5)8(14)12-11-7(4)13/h1-3,10H,9H2,(H,11,13)(H,12,14). The predicted octanol–water partition coefficient (Wildman–Crippen LogP) is -0.498. The van der Waals surface area contributed by atoms with Gasteiger partial charge >= 0.3 is 0 Å². The van der Waals surface area contributed by atoms with Crippen LogP contribution in [0.25, 0.3) is 10.8 Å². The summed E-state index contributed by atoms with van der Waals surface area (Å²) in [6.07, 6.45) is 0. The monoisotopic (exact) mass is 192 g/mol. The van der Waals surface area contributed by atoms with Crippen molar-refractivity contribution in [3.8, 4) is 0 Å². The van der Waals surface area contributed by atoms with Gasteiger partial charge in [-0.15, -0.1) is 0 Å². The minimum atomic E-state index is -0.381. The van der Waals surface area contributed by atoms with E-state index < -0.39 is 0 Å². The Morgan fingerprint density at radius 1 is 1.14 bits per heavy atom. The third kappa shape index (κ3) is 1.09. The van der Waals surface area contributed by atoms with Crippen molar-refractivity contribution in [1.82, 2.24) is 10.2 Å². The van der Waals surface area contributed by atoms with Gasteiger partial charge in [0.1, 0.15) is 0 Å². The van der Waals surface area contributed by atoms with E-state index >= 15 is 0 Å². The van der Waals surface area contributed by atoms with E-state index in [1.165, 1.54) is 0 Å². The lowest BCUT2D eigenvalue weighted by molar-refractivity contribution is 0.976. The molecule has 0 radical (unpaired) electrons. The fourth-order valence-corrected chi connectivity index (χ4v) is 1.35. The molecule has 2 aromatic rings. The number of aromatic amines is 2. The van der Waals surface area contributed by atoms with Crippen molar-refractivity contribution in [2.24, 2.45) is 5.84 Å². The molecule has 0 aliphatic carbocycles. The second-order valence-corrected chi connectivity index (χ2v) is 2.78. The number of nitrogens with two attached hydrogens (primary N) is 1. The normalized spacial score (nSPS) is 10.4. The highest BCUT2D eigenvalue weighted by atomic mass is 16.1. The van der Waals surface area contributed by atoms with Crippen LogP contribution in [0.15, 0.2) is 27.8 Å². The number of nitrogens with one attached hydrogen (secondary N) is 3. The molecule has 6 heteroatoms. The molecule has 1 heterocycles. The second-order valence-electron chi connectivity index (χ2n) is 2.78. The summed E-state index contributed by atoms with van der Waals surface area (Å²) in [6, 6.07) is 4.83. The van der Waals surface area contributed by atoms with Gasteiger partial charge in [-0.2, -0.15) is 0 Å². The smallest absolute Gasteiger partial charge is 0.272 e. The minimum absolute atomic E-state index is 0.263. The molecule has 1 aromatic carbocycles. The molecule has 1 aromatic heterocycles. The Balaban J connectivity index is 3.07. The summed E-state index contributed by atoms with van der Waals surface area (Å²) in [4.78, 5) is 22.7. The average Bonchev–Trinajstić information content (AvgIpc) is 2.23. The van der Waals surface area contributed by atoms with Crippen LogP contribution in [0.2, 0.25) is 0 Å². The van der Waals surface area contributed by atoms with E-state index in [9.17, 15) is 9.59 Å². The van der Waals surface area contributed by atoms with Gasteiger partial charge in [0.05, 0.1) is 16.5 Å². The molecule has 2 rings (SSSR count). The average molecular weight is 192 g/mol. The summed E-state index contributed by atoms with van der Waals surface area (Å²) in [7, 11) is 0. The first-order valence-corrected chi connectivity index (χ1v) is 3.94. The molecule has 0 amide bonds. The van der Waals surface area contributed by atoms with Gasteiger partial charge in [-0.05, 0) is 12.1 Å². The van der Waals surface area contributed by atoms with E-state index in [1.54, 1.807) is 18.2 Å². The fraction of sp³-hybridized carbons (Fsp3) is 0. The molecule has 14 heavy (non-hydrogen) atoms. The third-order valence-corrected chi connectivity index (χ3v) is 1.98. The Morgan fingerprint density at radius 3 is 2.57 bits per heavy atom. The van der Waals surface area contributed by atoms with Crippen LogP contribution in [0.4, 0.5) is 5.69 Å². The molecule has 0 bridgehead atoms. The lowest BCUT2D eigenvalue weighted by atomic mass is 10.1. The number of fused-ring (bicyclic) bond motifs is 1. The molecular weight excluding hydrogens is 184 g/mol. The Kier molecular flexibility index (Phi) is 1.83. The maximum Gasteiger partial charge on any atom is 0.272 e. The van der Waals surface area contributed by atoms with Crippen molar-refractivity contribution in [1.29, 1.82) is 0 Å². The van der Waals surface area contributed by atoms with Gasteiger partial charge in [0, 0.05) is 0 Å². The van der Waals surface area contributed by atoms with Gasteiger partial charge in [0.2, 0.25) is 0 Å². The lowest BCUT2D eigenvalue weighted by Gasteiger charge is -2.02. The SMILES string of the molecule is NNc1cccc2c(=O)[nH][nH]c(=O)c12. The molecule has 0 aliphatic rings. The Labute approximate surface area is 77.7 Å². The minimum Gasteiger partial charge on any atom is -0.323 e. The van der Waals surface area contributed by atoms with Crippen LogP contribution in [0.5, 0.6) is 0 Å². The van der Waals surface area contributed by atoms with Gasteiger partial charge in [-0.25, -0.2) is 0 Å². The molecule has 0 fully saturated rings. The molecule has 72 valence electrons. The number of hydrazine groups is 1.